The number of halogens is 1. The molecular weight excluding hydrogens is 249 g/mol. The van der Waals surface area contributed by atoms with E-state index in [1.54, 1.807) is 0 Å². The molecule has 1 aromatic heterocycles. The summed E-state index contributed by atoms with van der Waals surface area (Å²) in [6.45, 7) is 4.94. The number of carbonyl (C=O) groups excluding carboxylic acids is 1. The number of ether oxygens (including phenoxy) is 1. The molecule has 1 amide bonds. The number of morpholine rings is 1. The van der Waals surface area contributed by atoms with Crippen LogP contribution < -0.4 is 5.32 Å². The van der Waals surface area contributed by atoms with Crippen molar-refractivity contribution in [1.29, 1.82) is 0 Å². The number of carbonyl (C=O) groups is 1. The minimum Gasteiger partial charge on any atom is -0.379 e. The lowest BCUT2D eigenvalue weighted by Crippen LogP contribution is -2.38. The Balaban J connectivity index is 1.66. The van der Waals surface area contributed by atoms with E-state index in [1.165, 1.54) is 18.2 Å². The standard InChI is InChI=1S/C13H18FN3O2/c14-12-4-1-3-11(16-12)13(18)15-5-2-6-17-7-9-19-10-8-17/h1,3-4H,2,5-10H2,(H,15,18). The molecule has 1 saturated heterocycles. The van der Waals surface area contributed by atoms with Crippen LogP contribution in [-0.2, 0) is 4.74 Å². The van der Waals surface area contributed by atoms with Gasteiger partial charge in [0, 0.05) is 19.6 Å². The van der Waals surface area contributed by atoms with Gasteiger partial charge in [0.15, 0.2) is 0 Å². The Morgan fingerprint density at radius 2 is 2.21 bits per heavy atom. The van der Waals surface area contributed by atoms with Gasteiger partial charge >= 0.3 is 0 Å². The van der Waals surface area contributed by atoms with E-state index >= 15 is 0 Å². The predicted octanol–water partition coefficient (Wildman–Crippen LogP) is 0.673. The summed E-state index contributed by atoms with van der Waals surface area (Å²) in [5.74, 6) is -0.970. The maximum Gasteiger partial charge on any atom is 0.269 e. The van der Waals surface area contributed by atoms with Crippen LogP contribution in [0.25, 0.3) is 0 Å². The normalized spacial score (nSPS) is 16.3. The summed E-state index contributed by atoms with van der Waals surface area (Å²) in [6.07, 6.45) is 0.862. The van der Waals surface area contributed by atoms with E-state index in [9.17, 15) is 9.18 Å². The molecule has 2 rings (SSSR count). The largest absolute Gasteiger partial charge is 0.379 e. The Hall–Kier alpha value is -1.53. The van der Waals surface area contributed by atoms with Crippen molar-refractivity contribution in [2.75, 3.05) is 39.4 Å². The smallest absolute Gasteiger partial charge is 0.269 e. The molecule has 0 radical (unpaired) electrons. The molecule has 1 aromatic rings. The highest BCUT2D eigenvalue weighted by molar-refractivity contribution is 5.92. The summed E-state index contributed by atoms with van der Waals surface area (Å²) in [6, 6.07) is 4.20. The molecule has 0 saturated carbocycles. The van der Waals surface area contributed by atoms with E-state index in [0.29, 0.717) is 6.54 Å². The topological polar surface area (TPSA) is 54.5 Å². The summed E-state index contributed by atoms with van der Waals surface area (Å²) >= 11 is 0. The molecular formula is C13H18FN3O2. The Morgan fingerprint density at radius 1 is 1.42 bits per heavy atom. The maximum absolute atomic E-state index is 12.8. The van der Waals surface area contributed by atoms with E-state index in [0.717, 1.165) is 39.3 Å². The lowest BCUT2D eigenvalue weighted by atomic mass is 10.3. The van der Waals surface area contributed by atoms with Crippen LogP contribution in [0.4, 0.5) is 4.39 Å². The Kier molecular flexibility index (Phi) is 5.23. The number of rotatable bonds is 5. The summed E-state index contributed by atoms with van der Waals surface area (Å²) in [7, 11) is 0. The van der Waals surface area contributed by atoms with Crippen molar-refractivity contribution in [3.63, 3.8) is 0 Å². The zero-order chi connectivity index (χ0) is 13.5. The molecule has 2 heterocycles. The highest BCUT2D eigenvalue weighted by Gasteiger charge is 2.10. The molecule has 0 atom stereocenters. The second-order valence-corrected chi connectivity index (χ2v) is 4.41. The van der Waals surface area contributed by atoms with Gasteiger partial charge in [-0.15, -0.1) is 0 Å². The zero-order valence-electron chi connectivity index (χ0n) is 10.8. The van der Waals surface area contributed by atoms with Gasteiger partial charge in [-0.1, -0.05) is 6.07 Å². The number of nitrogens with zero attached hydrogens (tertiary/aromatic N) is 2. The Labute approximate surface area is 111 Å². The van der Waals surface area contributed by atoms with Crippen molar-refractivity contribution >= 4 is 5.91 Å². The van der Waals surface area contributed by atoms with Crippen molar-refractivity contribution in [3.8, 4) is 0 Å². The van der Waals surface area contributed by atoms with Crippen LogP contribution in [0.5, 0.6) is 0 Å². The molecule has 0 bridgehead atoms. The molecule has 0 aliphatic carbocycles. The minimum atomic E-state index is -0.638. The summed E-state index contributed by atoms with van der Waals surface area (Å²) in [5, 5.41) is 2.74. The minimum absolute atomic E-state index is 0.117. The number of hydrogen-bond donors (Lipinski definition) is 1. The molecule has 0 aromatic carbocycles. The highest BCUT2D eigenvalue weighted by Crippen LogP contribution is 1.99. The van der Waals surface area contributed by atoms with Gasteiger partial charge in [-0.05, 0) is 25.1 Å². The second-order valence-electron chi connectivity index (χ2n) is 4.41. The maximum atomic E-state index is 12.8. The van der Waals surface area contributed by atoms with Crippen LogP contribution in [0.15, 0.2) is 18.2 Å². The van der Waals surface area contributed by atoms with Gasteiger partial charge in [0.25, 0.3) is 5.91 Å². The van der Waals surface area contributed by atoms with Crippen molar-refractivity contribution in [2.45, 2.75) is 6.42 Å². The average molecular weight is 267 g/mol. The van der Waals surface area contributed by atoms with E-state index < -0.39 is 5.95 Å². The molecule has 0 spiro atoms. The molecule has 6 heteroatoms. The predicted molar refractivity (Wildman–Crippen MR) is 68.4 cm³/mol. The third-order valence-electron chi connectivity index (χ3n) is 2.99. The van der Waals surface area contributed by atoms with E-state index in [4.69, 9.17) is 4.74 Å². The lowest BCUT2D eigenvalue weighted by Gasteiger charge is -2.26. The number of hydrogen-bond acceptors (Lipinski definition) is 4. The van der Waals surface area contributed by atoms with Crippen LogP contribution in [0.2, 0.25) is 0 Å². The van der Waals surface area contributed by atoms with E-state index in [2.05, 4.69) is 15.2 Å². The fraction of sp³-hybridized carbons (Fsp3) is 0.538. The third-order valence-corrected chi connectivity index (χ3v) is 2.99. The van der Waals surface area contributed by atoms with Gasteiger partial charge in [-0.2, -0.15) is 4.39 Å². The monoisotopic (exact) mass is 267 g/mol. The Bertz CT molecular complexity index is 422. The van der Waals surface area contributed by atoms with Crippen molar-refractivity contribution in [2.24, 2.45) is 0 Å². The Morgan fingerprint density at radius 3 is 2.95 bits per heavy atom. The van der Waals surface area contributed by atoms with Crippen LogP contribution >= 0.6 is 0 Å². The quantitative estimate of drug-likeness (QED) is 0.629. The summed E-state index contributed by atoms with van der Waals surface area (Å²) in [5.41, 5.74) is 0.117. The highest BCUT2D eigenvalue weighted by atomic mass is 19.1. The second kappa shape index (κ2) is 7.16. The molecule has 19 heavy (non-hydrogen) atoms. The van der Waals surface area contributed by atoms with Crippen LogP contribution in [0.3, 0.4) is 0 Å². The first-order valence-corrected chi connectivity index (χ1v) is 6.46. The number of nitrogens with one attached hydrogen (secondary N) is 1. The zero-order valence-corrected chi connectivity index (χ0v) is 10.8. The van der Waals surface area contributed by atoms with Crippen molar-refractivity contribution < 1.29 is 13.9 Å². The SMILES string of the molecule is O=C(NCCCN1CCOCC1)c1cccc(F)n1. The van der Waals surface area contributed by atoms with Crippen molar-refractivity contribution in [1.82, 2.24) is 15.2 Å². The van der Waals surface area contributed by atoms with Crippen LogP contribution in [-0.4, -0.2) is 55.2 Å². The number of amides is 1. The summed E-state index contributed by atoms with van der Waals surface area (Å²) < 4.78 is 18.1. The third kappa shape index (κ3) is 4.57. The summed E-state index contributed by atoms with van der Waals surface area (Å²) in [4.78, 5) is 17.5. The van der Waals surface area contributed by atoms with Gasteiger partial charge in [0.1, 0.15) is 5.69 Å². The fourth-order valence-electron chi connectivity index (χ4n) is 1.95. The fourth-order valence-corrected chi connectivity index (χ4v) is 1.95. The van der Waals surface area contributed by atoms with Crippen LogP contribution in [0, 0.1) is 5.95 Å². The van der Waals surface area contributed by atoms with E-state index in [1.807, 2.05) is 0 Å². The average Bonchev–Trinajstić information content (AvgIpc) is 2.44. The number of pyridine rings is 1. The van der Waals surface area contributed by atoms with Gasteiger partial charge in [-0.25, -0.2) is 4.98 Å². The molecule has 1 aliphatic heterocycles. The van der Waals surface area contributed by atoms with Gasteiger partial charge in [0.2, 0.25) is 5.95 Å². The first kappa shape index (κ1) is 13.9. The molecule has 1 N–H and O–H groups in total. The van der Waals surface area contributed by atoms with Crippen molar-refractivity contribution in [3.05, 3.63) is 29.8 Å². The molecule has 1 aliphatic rings. The first-order valence-electron chi connectivity index (χ1n) is 6.46. The lowest BCUT2D eigenvalue weighted by molar-refractivity contribution is 0.0374. The first-order chi connectivity index (χ1) is 9.25. The molecule has 5 nitrogen and oxygen atoms in total. The van der Waals surface area contributed by atoms with Gasteiger partial charge < -0.3 is 10.1 Å². The van der Waals surface area contributed by atoms with Gasteiger partial charge in [0.05, 0.1) is 13.2 Å². The number of aromatic nitrogens is 1. The molecule has 104 valence electrons. The van der Waals surface area contributed by atoms with Gasteiger partial charge in [-0.3, -0.25) is 9.69 Å². The van der Waals surface area contributed by atoms with E-state index in [-0.39, 0.29) is 11.6 Å². The molecule has 1 fully saturated rings. The van der Waals surface area contributed by atoms with Crippen LogP contribution in [0.1, 0.15) is 16.9 Å². The molecule has 0 unspecified atom stereocenters.